The van der Waals surface area contributed by atoms with Crippen LogP contribution in [0.15, 0.2) is 30.3 Å². The zero-order valence-electron chi connectivity index (χ0n) is 13.9. The lowest BCUT2D eigenvalue weighted by Gasteiger charge is -2.21. The third kappa shape index (κ3) is 2.76. The van der Waals surface area contributed by atoms with Crippen molar-refractivity contribution >= 4 is 5.82 Å². The van der Waals surface area contributed by atoms with Gasteiger partial charge in [0.05, 0.1) is 17.8 Å². The Balaban J connectivity index is 1.71. The molecule has 0 spiro atoms. The third-order valence-corrected chi connectivity index (χ3v) is 5.26. The summed E-state index contributed by atoms with van der Waals surface area (Å²) < 4.78 is 2.31. The van der Waals surface area contributed by atoms with E-state index >= 15 is 0 Å². The van der Waals surface area contributed by atoms with E-state index in [1.165, 1.54) is 48.3 Å². The first-order valence-electron chi connectivity index (χ1n) is 8.99. The van der Waals surface area contributed by atoms with Gasteiger partial charge in [-0.25, -0.2) is 4.68 Å². The molecule has 23 heavy (non-hydrogen) atoms. The van der Waals surface area contributed by atoms with E-state index in [0.717, 1.165) is 19.5 Å². The van der Waals surface area contributed by atoms with Gasteiger partial charge in [0.25, 0.3) is 0 Å². The number of rotatable bonds is 3. The number of nitrogens with one attached hydrogen (secondary N) is 2. The molecular formula is C19H26N4. The van der Waals surface area contributed by atoms with Gasteiger partial charge >= 0.3 is 0 Å². The van der Waals surface area contributed by atoms with E-state index in [2.05, 4.69) is 52.6 Å². The van der Waals surface area contributed by atoms with Gasteiger partial charge in [0.2, 0.25) is 0 Å². The van der Waals surface area contributed by atoms with Crippen molar-refractivity contribution in [2.24, 2.45) is 0 Å². The molecule has 1 unspecified atom stereocenters. The van der Waals surface area contributed by atoms with Gasteiger partial charge in [0.1, 0.15) is 5.82 Å². The van der Waals surface area contributed by atoms with Crippen molar-refractivity contribution in [2.45, 2.75) is 57.7 Å². The monoisotopic (exact) mass is 310 g/mol. The van der Waals surface area contributed by atoms with Gasteiger partial charge in [0.15, 0.2) is 0 Å². The van der Waals surface area contributed by atoms with Crippen molar-refractivity contribution in [3.8, 4) is 0 Å². The summed E-state index contributed by atoms with van der Waals surface area (Å²) in [5, 5.41) is 12.4. The number of hydrogen-bond donors (Lipinski definition) is 2. The van der Waals surface area contributed by atoms with Gasteiger partial charge in [-0.1, -0.05) is 50.1 Å². The highest BCUT2D eigenvalue weighted by Crippen LogP contribution is 2.36. The predicted octanol–water partition coefficient (Wildman–Crippen LogP) is 3.82. The number of benzene rings is 1. The van der Waals surface area contributed by atoms with Gasteiger partial charge in [-0.3, -0.25) is 0 Å². The molecule has 1 aromatic carbocycles. The molecule has 4 rings (SSSR count). The number of anilines is 1. The molecule has 2 N–H and O–H groups in total. The maximum atomic E-state index is 4.98. The summed E-state index contributed by atoms with van der Waals surface area (Å²) in [5.41, 5.74) is 3.96. The minimum atomic E-state index is 0.305. The molecule has 2 aliphatic rings. The zero-order chi connectivity index (χ0) is 15.6. The summed E-state index contributed by atoms with van der Waals surface area (Å²) in [5.74, 6) is 1.26. The normalized spacial score (nSPS) is 21.7. The van der Waals surface area contributed by atoms with Crippen molar-refractivity contribution in [2.75, 3.05) is 11.9 Å². The van der Waals surface area contributed by atoms with Crippen LogP contribution in [-0.2, 0) is 13.0 Å². The van der Waals surface area contributed by atoms with Crippen LogP contribution in [-0.4, -0.2) is 16.3 Å². The zero-order valence-corrected chi connectivity index (χ0v) is 13.9. The van der Waals surface area contributed by atoms with Crippen LogP contribution in [0.25, 0.3) is 0 Å². The summed E-state index contributed by atoms with van der Waals surface area (Å²) in [4.78, 5) is 0. The van der Waals surface area contributed by atoms with Gasteiger partial charge in [-0.2, -0.15) is 5.10 Å². The van der Waals surface area contributed by atoms with Crippen LogP contribution in [0.2, 0.25) is 0 Å². The second-order valence-electron chi connectivity index (χ2n) is 6.75. The molecule has 4 heteroatoms. The number of nitrogens with zero attached hydrogens (tertiary/aromatic N) is 2. The molecule has 1 fully saturated rings. The van der Waals surface area contributed by atoms with E-state index in [9.17, 15) is 0 Å². The first kappa shape index (κ1) is 14.8. The van der Waals surface area contributed by atoms with Crippen LogP contribution in [0.3, 0.4) is 0 Å². The highest BCUT2D eigenvalue weighted by Gasteiger charge is 2.28. The molecule has 122 valence electrons. The molecule has 1 aliphatic carbocycles. The standard InChI is InChI=1S/C19H26N4/c1-2-17-16-12-20-13-18(14-8-4-3-5-9-14)21-19(16)23(22-17)15-10-6-7-11-15/h3-5,8-9,15,18,20-21H,2,6-7,10-13H2,1H3. The Labute approximate surface area is 138 Å². The molecule has 2 heterocycles. The first-order valence-corrected chi connectivity index (χ1v) is 8.99. The average molecular weight is 310 g/mol. The maximum Gasteiger partial charge on any atom is 0.129 e. The largest absolute Gasteiger partial charge is 0.362 e. The van der Waals surface area contributed by atoms with E-state index in [-0.39, 0.29) is 0 Å². The highest BCUT2D eigenvalue weighted by atomic mass is 15.4. The molecule has 2 aromatic rings. The van der Waals surface area contributed by atoms with Crippen LogP contribution >= 0.6 is 0 Å². The van der Waals surface area contributed by atoms with Crippen molar-refractivity contribution in [1.29, 1.82) is 0 Å². The van der Waals surface area contributed by atoms with E-state index < -0.39 is 0 Å². The van der Waals surface area contributed by atoms with Gasteiger partial charge in [-0.15, -0.1) is 0 Å². The average Bonchev–Trinajstić information content (AvgIpc) is 3.18. The second kappa shape index (κ2) is 6.36. The van der Waals surface area contributed by atoms with Crippen LogP contribution in [0.4, 0.5) is 5.82 Å². The Hall–Kier alpha value is -1.81. The fraction of sp³-hybridized carbons (Fsp3) is 0.526. The summed E-state index contributed by atoms with van der Waals surface area (Å²) in [6, 6.07) is 11.6. The smallest absolute Gasteiger partial charge is 0.129 e. The SMILES string of the molecule is CCc1nn(C2CCCC2)c2c1CNCC(c1ccccc1)N2. The molecule has 1 aliphatic heterocycles. The lowest BCUT2D eigenvalue weighted by molar-refractivity contribution is 0.466. The molecule has 4 nitrogen and oxygen atoms in total. The Kier molecular flexibility index (Phi) is 4.08. The molecular weight excluding hydrogens is 284 g/mol. The Morgan fingerprint density at radius 2 is 1.96 bits per heavy atom. The summed E-state index contributed by atoms with van der Waals surface area (Å²) >= 11 is 0. The minimum Gasteiger partial charge on any atom is -0.362 e. The lowest BCUT2D eigenvalue weighted by atomic mass is 10.1. The van der Waals surface area contributed by atoms with E-state index in [0.29, 0.717) is 12.1 Å². The van der Waals surface area contributed by atoms with Crippen molar-refractivity contribution < 1.29 is 0 Å². The minimum absolute atomic E-state index is 0.305. The van der Waals surface area contributed by atoms with Crippen LogP contribution in [0.1, 0.15) is 61.5 Å². The fourth-order valence-electron chi connectivity index (χ4n) is 4.00. The van der Waals surface area contributed by atoms with Crippen molar-refractivity contribution in [1.82, 2.24) is 15.1 Å². The topological polar surface area (TPSA) is 41.9 Å². The molecule has 1 atom stereocenters. The third-order valence-electron chi connectivity index (χ3n) is 5.26. The summed E-state index contributed by atoms with van der Waals surface area (Å²) in [6.45, 7) is 4.08. The first-order chi connectivity index (χ1) is 11.4. The predicted molar refractivity (Wildman–Crippen MR) is 93.6 cm³/mol. The van der Waals surface area contributed by atoms with E-state index in [1.54, 1.807) is 0 Å². The van der Waals surface area contributed by atoms with Crippen molar-refractivity contribution in [3.63, 3.8) is 0 Å². The molecule has 0 saturated heterocycles. The summed E-state index contributed by atoms with van der Waals surface area (Å²) in [6.07, 6.45) is 6.20. The number of aryl methyl sites for hydroxylation is 1. The quantitative estimate of drug-likeness (QED) is 0.905. The van der Waals surface area contributed by atoms with E-state index in [4.69, 9.17) is 5.10 Å². The van der Waals surface area contributed by atoms with Crippen LogP contribution in [0.5, 0.6) is 0 Å². The van der Waals surface area contributed by atoms with Gasteiger partial charge in [0, 0.05) is 18.7 Å². The molecule has 0 radical (unpaired) electrons. The summed E-state index contributed by atoms with van der Waals surface area (Å²) in [7, 11) is 0. The molecule has 0 amide bonds. The Bertz CT molecular complexity index is 656. The van der Waals surface area contributed by atoms with Crippen LogP contribution in [0, 0.1) is 0 Å². The molecule has 0 bridgehead atoms. The van der Waals surface area contributed by atoms with Gasteiger partial charge in [-0.05, 0) is 24.8 Å². The highest BCUT2D eigenvalue weighted by molar-refractivity contribution is 5.51. The van der Waals surface area contributed by atoms with Crippen molar-refractivity contribution in [3.05, 3.63) is 47.2 Å². The second-order valence-corrected chi connectivity index (χ2v) is 6.75. The van der Waals surface area contributed by atoms with Gasteiger partial charge < -0.3 is 10.6 Å². The number of hydrogen-bond acceptors (Lipinski definition) is 3. The molecule has 1 saturated carbocycles. The lowest BCUT2D eigenvalue weighted by Crippen LogP contribution is -2.24. The van der Waals surface area contributed by atoms with E-state index in [1.807, 2.05) is 0 Å². The molecule has 1 aromatic heterocycles. The Morgan fingerprint density at radius 3 is 2.70 bits per heavy atom. The number of fused-ring (bicyclic) bond motifs is 1. The van der Waals surface area contributed by atoms with Crippen LogP contribution < -0.4 is 10.6 Å². The number of aromatic nitrogens is 2. The fourth-order valence-corrected chi connectivity index (χ4v) is 4.00. The Morgan fingerprint density at radius 1 is 1.17 bits per heavy atom. The maximum absolute atomic E-state index is 4.98.